The molecule has 4 heteroatoms. The van der Waals surface area contributed by atoms with E-state index in [0.717, 1.165) is 15.9 Å². The summed E-state index contributed by atoms with van der Waals surface area (Å²) in [4.78, 5) is 12.0. The van der Waals surface area contributed by atoms with Crippen molar-refractivity contribution in [3.05, 3.63) is 27.3 Å². The monoisotopic (exact) mass is 345 g/mol. The maximum Gasteiger partial charge on any atom is 0.255 e. The Morgan fingerprint density at radius 3 is 2.94 bits per heavy atom. The van der Waals surface area contributed by atoms with Crippen LogP contribution < -0.4 is 5.32 Å². The molecule has 1 unspecified atom stereocenters. The van der Waals surface area contributed by atoms with Gasteiger partial charge in [-0.25, -0.2) is 0 Å². The van der Waals surface area contributed by atoms with Crippen molar-refractivity contribution in [2.75, 3.05) is 0 Å². The summed E-state index contributed by atoms with van der Waals surface area (Å²) >= 11 is 2.13. The van der Waals surface area contributed by atoms with Crippen LogP contribution in [0.3, 0.4) is 0 Å². The summed E-state index contributed by atoms with van der Waals surface area (Å²) in [5, 5.41) is 12.6. The van der Waals surface area contributed by atoms with E-state index < -0.39 is 0 Å². The molecule has 1 aliphatic rings. The van der Waals surface area contributed by atoms with E-state index in [2.05, 4.69) is 27.9 Å². The summed E-state index contributed by atoms with van der Waals surface area (Å²) < 4.78 is 0.945. The van der Waals surface area contributed by atoms with E-state index in [1.165, 1.54) is 12.8 Å². The fraction of sp³-hybridized carbons (Fsp3) is 0.462. The van der Waals surface area contributed by atoms with Crippen molar-refractivity contribution in [2.45, 2.75) is 32.2 Å². The van der Waals surface area contributed by atoms with Crippen LogP contribution in [0.1, 0.15) is 36.5 Å². The van der Waals surface area contributed by atoms with Crippen LogP contribution >= 0.6 is 22.6 Å². The number of amides is 1. The summed E-state index contributed by atoms with van der Waals surface area (Å²) in [7, 11) is 0. The van der Waals surface area contributed by atoms with Gasteiger partial charge in [0.2, 0.25) is 0 Å². The number of phenolic OH excluding ortho intramolecular Hbond substituents is 1. The Balaban J connectivity index is 2.00. The van der Waals surface area contributed by atoms with Gasteiger partial charge >= 0.3 is 0 Å². The molecular formula is C13H16INO2. The Hall–Kier alpha value is -0.780. The first-order valence-electron chi connectivity index (χ1n) is 5.85. The molecule has 0 bridgehead atoms. The number of aromatic hydroxyl groups is 1. The molecule has 1 saturated carbocycles. The van der Waals surface area contributed by atoms with Crippen LogP contribution in [0.15, 0.2) is 18.2 Å². The molecule has 0 spiro atoms. The van der Waals surface area contributed by atoms with Gasteiger partial charge in [0.1, 0.15) is 5.75 Å². The predicted molar refractivity (Wildman–Crippen MR) is 75.1 cm³/mol. The molecule has 17 heavy (non-hydrogen) atoms. The molecule has 1 aliphatic carbocycles. The van der Waals surface area contributed by atoms with Crippen LogP contribution in [0.25, 0.3) is 0 Å². The number of hydrogen-bond donors (Lipinski definition) is 2. The standard InChI is InChI=1S/C13H16INO2/c1-8(6-9-2-3-9)15-13(17)11-7-10(14)4-5-12(11)16/h4-5,7-9,16H,2-3,6H2,1H3,(H,15,17). The van der Waals surface area contributed by atoms with E-state index in [1.807, 2.05) is 6.92 Å². The normalized spacial score (nSPS) is 16.6. The summed E-state index contributed by atoms with van der Waals surface area (Å²) in [6, 6.07) is 5.21. The van der Waals surface area contributed by atoms with Gasteiger partial charge in [-0.15, -0.1) is 0 Å². The zero-order chi connectivity index (χ0) is 12.4. The van der Waals surface area contributed by atoms with Gasteiger partial charge in [0.05, 0.1) is 5.56 Å². The van der Waals surface area contributed by atoms with E-state index in [-0.39, 0.29) is 17.7 Å². The molecule has 0 saturated heterocycles. The fourth-order valence-electron chi connectivity index (χ4n) is 1.90. The van der Waals surface area contributed by atoms with Crippen LogP contribution in [-0.4, -0.2) is 17.1 Å². The Morgan fingerprint density at radius 1 is 1.59 bits per heavy atom. The van der Waals surface area contributed by atoms with Crippen molar-refractivity contribution >= 4 is 28.5 Å². The molecule has 2 rings (SSSR count). The first-order chi connectivity index (χ1) is 8.06. The molecule has 1 aromatic rings. The van der Waals surface area contributed by atoms with E-state index in [1.54, 1.807) is 18.2 Å². The summed E-state index contributed by atoms with van der Waals surface area (Å²) in [6.45, 7) is 2.02. The van der Waals surface area contributed by atoms with Crippen molar-refractivity contribution < 1.29 is 9.90 Å². The predicted octanol–water partition coefficient (Wildman–Crippen LogP) is 2.92. The summed E-state index contributed by atoms with van der Waals surface area (Å²) in [6.07, 6.45) is 3.61. The van der Waals surface area contributed by atoms with Crippen LogP contribution in [-0.2, 0) is 0 Å². The fourth-order valence-corrected chi connectivity index (χ4v) is 2.40. The van der Waals surface area contributed by atoms with E-state index in [0.29, 0.717) is 5.56 Å². The summed E-state index contributed by atoms with van der Waals surface area (Å²) in [5.41, 5.74) is 0.361. The quantitative estimate of drug-likeness (QED) is 0.825. The van der Waals surface area contributed by atoms with Crippen molar-refractivity contribution in [3.8, 4) is 5.75 Å². The zero-order valence-electron chi connectivity index (χ0n) is 9.74. The number of hydrogen-bond acceptors (Lipinski definition) is 2. The van der Waals surface area contributed by atoms with Gasteiger partial charge in [0.15, 0.2) is 0 Å². The molecule has 1 aromatic carbocycles. The van der Waals surface area contributed by atoms with Crippen LogP contribution in [0.2, 0.25) is 0 Å². The van der Waals surface area contributed by atoms with E-state index >= 15 is 0 Å². The highest BCUT2D eigenvalue weighted by Gasteiger charge is 2.24. The van der Waals surface area contributed by atoms with Gasteiger partial charge < -0.3 is 10.4 Å². The third-order valence-corrected chi connectivity index (χ3v) is 3.64. The lowest BCUT2D eigenvalue weighted by atomic mass is 10.1. The Bertz CT molecular complexity index is 429. The largest absolute Gasteiger partial charge is 0.507 e. The number of benzene rings is 1. The highest BCUT2D eigenvalue weighted by molar-refractivity contribution is 14.1. The molecule has 92 valence electrons. The zero-order valence-corrected chi connectivity index (χ0v) is 11.9. The van der Waals surface area contributed by atoms with Gasteiger partial charge in [-0.2, -0.15) is 0 Å². The highest BCUT2D eigenvalue weighted by Crippen LogP contribution is 2.33. The first kappa shape index (κ1) is 12.7. The third-order valence-electron chi connectivity index (χ3n) is 2.96. The van der Waals surface area contributed by atoms with Crippen LogP contribution in [0.5, 0.6) is 5.75 Å². The van der Waals surface area contributed by atoms with Gasteiger partial charge in [0.25, 0.3) is 5.91 Å². The topological polar surface area (TPSA) is 49.3 Å². The number of nitrogens with one attached hydrogen (secondary N) is 1. The van der Waals surface area contributed by atoms with E-state index in [9.17, 15) is 9.90 Å². The molecule has 1 fully saturated rings. The summed E-state index contributed by atoms with van der Waals surface area (Å²) in [5.74, 6) is 0.644. The minimum absolute atomic E-state index is 0.0431. The minimum Gasteiger partial charge on any atom is -0.507 e. The van der Waals surface area contributed by atoms with Crippen molar-refractivity contribution in [1.29, 1.82) is 0 Å². The Kier molecular flexibility index (Phi) is 3.91. The number of rotatable bonds is 4. The molecule has 1 atom stereocenters. The van der Waals surface area contributed by atoms with Gasteiger partial charge in [-0.05, 0) is 60.1 Å². The van der Waals surface area contributed by atoms with Gasteiger partial charge in [-0.3, -0.25) is 4.79 Å². The Morgan fingerprint density at radius 2 is 2.29 bits per heavy atom. The lowest BCUT2D eigenvalue weighted by Crippen LogP contribution is -2.32. The molecule has 0 aromatic heterocycles. The number of halogens is 1. The first-order valence-corrected chi connectivity index (χ1v) is 6.93. The van der Waals surface area contributed by atoms with Gasteiger partial charge in [-0.1, -0.05) is 12.8 Å². The smallest absolute Gasteiger partial charge is 0.255 e. The van der Waals surface area contributed by atoms with Crippen molar-refractivity contribution in [1.82, 2.24) is 5.32 Å². The Labute approximate surface area is 115 Å². The molecule has 1 amide bonds. The number of carbonyl (C=O) groups excluding carboxylic acids is 1. The maximum absolute atomic E-state index is 12.0. The van der Waals surface area contributed by atoms with Crippen molar-refractivity contribution in [2.24, 2.45) is 5.92 Å². The number of phenols is 1. The van der Waals surface area contributed by atoms with Crippen LogP contribution in [0, 0.1) is 9.49 Å². The molecule has 0 aliphatic heterocycles. The molecule has 3 nitrogen and oxygen atoms in total. The highest BCUT2D eigenvalue weighted by atomic mass is 127. The lowest BCUT2D eigenvalue weighted by molar-refractivity contribution is 0.0934. The molecule has 0 radical (unpaired) electrons. The average Bonchev–Trinajstić information content (AvgIpc) is 3.05. The second-order valence-electron chi connectivity index (χ2n) is 4.72. The average molecular weight is 345 g/mol. The third kappa shape index (κ3) is 3.59. The van der Waals surface area contributed by atoms with Crippen molar-refractivity contribution in [3.63, 3.8) is 0 Å². The van der Waals surface area contributed by atoms with E-state index in [4.69, 9.17) is 0 Å². The lowest BCUT2D eigenvalue weighted by Gasteiger charge is -2.14. The van der Waals surface area contributed by atoms with Crippen LogP contribution in [0.4, 0.5) is 0 Å². The molecule has 2 N–H and O–H groups in total. The minimum atomic E-state index is -0.186. The second kappa shape index (κ2) is 5.25. The van der Waals surface area contributed by atoms with Gasteiger partial charge in [0, 0.05) is 9.61 Å². The maximum atomic E-state index is 12.0. The number of carbonyl (C=O) groups is 1. The second-order valence-corrected chi connectivity index (χ2v) is 5.96. The molecular weight excluding hydrogens is 329 g/mol. The molecule has 0 heterocycles. The SMILES string of the molecule is CC(CC1CC1)NC(=O)c1cc(I)ccc1O.